The molecule has 0 saturated carbocycles. The number of nitrogens with zero attached hydrogens (tertiary/aromatic N) is 2. The minimum absolute atomic E-state index is 0.0415. The van der Waals surface area contributed by atoms with Crippen LogP contribution in [0.5, 0.6) is 0 Å². The summed E-state index contributed by atoms with van der Waals surface area (Å²) in [6.45, 7) is 0.350. The Morgan fingerprint density at radius 2 is 2.16 bits per heavy atom. The van der Waals surface area contributed by atoms with Crippen molar-refractivity contribution in [1.82, 2.24) is 9.88 Å². The molecule has 0 aromatic carbocycles. The van der Waals surface area contributed by atoms with Gasteiger partial charge < -0.3 is 20.1 Å². The highest BCUT2D eigenvalue weighted by atomic mass is 16.6. The molecular formula is C11H13N3O5. The zero-order valence-corrected chi connectivity index (χ0v) is 10.0. The third-order valence-electron chi connectivity index (χ3n) is 3.15. The van der Waals surface area contributed by atoms with Gasteiger partial charge >= 0.3 is 11.8 Å². The van der Waals surface area contributed by atoms with Gasteiger partial charge in [0.1, 0.15) is 6.04 Å². The molecule has 0 spiro atoms. The molecular weight excluding hydrogens is 254 g/mol. The molecule has 1 aliphatic heterocycles. The minimum Gasteiger partial charge on any atom is -0.480 e. The second kappa shape index (κ2) is 5.09. The molecule has 1 fully saturated rings. The van der Waals surface area contributed by atoms with Crippen LogP contribution in [0.25, 0.3) is 0 Å². The zero-order valence-electron chi connectivity index (χ0n) is 10.0. The number of hydrogen-bond donors (Lipinski definition) is 2. The number of likely N-dealkylation sites (tertiary alicyclic amines) is 1. The summed E-state index contributed by atoms with van der Waals surface area (Å²) >= 11 is 0. The molecule has 0 bridgehead atoms. The minimum atomic E-state index is -1.05. The maximum absolute atomic E-state index is 12.2. The van der Waals surface area contributed by atoms with Crippen LogP contribution in [0.1, 0.15) is 29.8 Å². The zero-order chi connectivity index (χ0) is 14.0. The average Bonchev–Trinajstić information content (AvgIpc) is 2.87. The van der Waals surface area contributed by atoms with Crippen LogP contribution in [0.15, 0.2) is 12.1 Å². The van der Waals surface area contributed by atoms with Crippen LogP contribution < -0.4 is 0 Å². The average molecular weight is 267 g/mol. The van der Waals surface area contributed by atoms with Crippen LogP contribution in [0.2, 0.25) is 0 Å². The number of carbonyl (C=O) groups excluding carboxylic acids is 1. The second-order valence-electron chi connectivity index (χ2n) is 4.36. The first kappa shape index (κ1) is 13.1. The Labute approximate surface area is 108 Å². The fourth-order valence-electron chi connectivity index (χ4n) is 2.20. The first-order chi connectivity index (χ1) is 9.00. The molecule has 1 amide bonds. The van der Waals surface area contributed by atoms with Crippen LogP contribution >= 0.6 is 0 Å². The predicted molar refractivity (Wildman–Crippen MR) is 63.8 cm³/mol. The molecule has 1 aliphatic rings. The van der Waals surface area contributed by atoms with Crippen molar-refractivity contribution in [2.45, 2.75) is 25.3 Å². The highest BCUT2D eigenvalue weighted by Gasteiger charge is 2.34. The topological polar surface area (TPSA) is 117 Å². The standard InChI is InChI=1S/C11H13N3O5/c15-10(7-4-5-9(12-7)14(18)19)13-6-2-1-3-8(13)11(16)17/h4-5,8,12H,1-3,6H2,(H,16,17). The lowest BCUT2D eigenvalue weighted by atomic mass is 10.0. The van der Waals surface area contributed by atoms with Gasteiger partial charge in [-0.15, -0.1) is 0 Å². The van der Waals surface area contributed by atoms with Crippen LogP contribution in [0.3, 0.4) is 0 Å². The number of hydrogen-bond acceptors (Lipinski definition) is 4. The third kappa shape index (κ3) is 2.56. The summed E-state index contributed by atoms with van der Waals surface area (Å²) in [5, 5.41) is 19.6. The lowest BCUT2D eigenvalue weighted by Gasteiger charge is -2.31. The van der Waals surface area contributed by atoms with Crippen LogP contribution in [-0.2, 0) is 4.79 Å². The van der Waals surface area contributed by atoms with Crippen molar-refractivity contribution in [3.8, 4) is 0 Å². The Bertz CT molecular complexity index is 524. The highest BCUT2D eigenvalue weighted by molar-refractivity contribution is 5.95. The molecule has 1 saturated heterocycles. The van der Waals surface area contributed by atoms with Crippen molar-refractivity contribution in [2.75, 3.05) is 6.54 Å². The number of nitro groups is 1. The van der Waals surface area contributed by atoms with Gasteiger partial charge in [0.15, 0.2) is 5.69 Å². The van der Waals surface area contributed by atoms with E-state index in [0.29, 0.717) is 13.0 Å². The van der Waals surface area contributed by atoms with Crippen molar-refractivity contribution in [2.24, 2.45) is 0 Å². The molecule has 1 atom stereocenters. The van der Waals surface area contributed by atoms with Gasteiger partial charge in [-0.05, 0) is 30.3 Å². The summed E-state index contributed by atoms with van der Waals surface area (Å²) in [6, 6.07) is 1.63. The number of aromatic nitrogens is 1. The molecule has 8 heteroatoms. The van der Waals surface area contributed by atoms with E-state index < -0.39 is 22.8 Å². The molecule has 0 aliphatic carbocycles. The van der Waals surface area contributed by atoms with Crippen molar-refractivity contribution >= 4 is 17.7 Å². The van der Waals surface area contributed by atoms with Crippen molar-refractivity contribution < 1.29 is 19.6 Å². The quantitative estimate of drug-likeness (QED) is 0.626. The van der Waals surface area contributed by atoms with E-state index in [1.165, 1.54) is 17.0 Å². The number of piperidine rings is 1. The Morgan fingerprint density at radius 1 is 1.42 bits per heavy atom. The van der Waals surface area contributed by atoms with Crippen LogP contribution in [-0.4, -0.2) is 44.4 Å². The summed E-state index contributed by atoms with van der Waals surface area (Å²) in [6.07, 6.45) is 1.90. The number of nitrogens with one attached hydrogen (secondary N) is 1. The molecule has 1 aromatic heterocycles. The summed E-state index contributed by atoms with van der Waals surface area (Å²) in [5.74, 6) is -1.85. The number of carboxylic acids is 1. The number of carboxylic acid groups (broad SMARTS) is 1. The number of aliphatic carboxylic acids is 1. The fraction of sp³-hybridized carbons (Fsp3) is 0.455. The maximum atomic E-state index is 12.2. The van der Waals surface area contributed by atoms with E-state index in [4.69, 9.17) is 5.11 Å². The molecule has 0 radical (unpaired) electrons. The van der Waals surface area contributed by atoms with Gasteiger partial charge in [0, 0.05) is 12.6 Å². The van der Waals surface area contributed by atoms with E-state index in [9.17, 15) is 19.7 Å². The highest BCUT2D eigenvalue weighted by Crippen LogP contribution is 2.20. The summed E-state index contributed by atoms with van der Waals surface area (Å²) in [7, 11) is 0. The molecule has 1 unspecified atom stereocenters. The van der Waals surface area contributed by atoms with Crippen molar-refractivity contribution in [1.29, 1.82) is 0 Å². The molecule has 2 rings (SSSR count). The van der Waals surface area contributed by atoms with E-state index in [0.717, 1.165) is 12.8 Å². The molecule has 2 N–H and O–H groups in total. The van der Waals surface area contributed by atoms with Crippen molar-refractivity contribution in [3.63, 3.8) is 0 Å². The van der Waals surface area contributed by atoms with E-state index in [-0.39, 0.29) is 11.5 Å². The smallest absolute Gasteiger partial charge is 0.326 e. The maximum Gasteiger partial charge on any atom is 0.326 e. The van der Waals surface area contributed by atoms with E-state index in [1.54, 1.807) is 0 Å². The summed E-state index contributed by atoms with van der Waals surface area (Å²) in [4.78, 5) is 36.8. The predicted octanol–water partition coefficient (Wildman–Crippen LogP) is 1.00. The molecule has 1 aromatic rings. The van der Waals surface area contributed by atoms with Crippen LogP contribution in [0, 0.1) is 10.1 Å². The van der Waals surface area contributed by atoms with Crippen molar-refractivity contribution in [3.05, 3.63) is 27.9 Å². The summed E-state index contributed by atoms with van der Waals surface area (Å²) < 4.78 is 0. The molecule has 19 heavy (non-hydrogen) atoms. The van der Waals surface area contributed by atoms with Gasteiger partial charge in [-0.1, -0.05) is 0 Å². The number of rotatable bonds is 3. The Kier molecular flexibility index (Phi) is 3.50. The van der Waals surface area contributed by atoms with Gasteiger partial charge in [-0.3, -0.25) is 4.79 Å². The van der Waals surface area contributed by atoms with Gasteiger partial charge in [-0.25, -0.2) is 9.78 Å². The number of aromatic amines is 1. The first-order valence-corrected chi connectivity index (χ1v) is 5.88. The number of carbonyl (C=O) groups is 2. The lowest BCUT2D eigenvalue weighted by molar-refractivity contribution is -0.389. The van der Waals surface area contributed by atoms with Gasteiger partial charge in [-0.2, -0.15) is 0 Å². The van der Waals surface area contributed by atoms with E-state index in [1.807, 2.05) is 0 Å². The normalized spacial score (nSPS) is 19.2. The third-order valence-corrected chi connectivity index (χ3v) is 3.15. The summed E-state index contributed by atoms with van der Waals surface area (Å²) in [5.41, 5.74) is 0.0415. The van der Waals surface area contributed by atoms with E-state index >= 15 is 0 Å². The Balaban J connectivity index is 2.21. The van der Waals surface area contributed by atoms with Crippen LogP contribution in [0.4, 0.5) is 5.82 Å². The molecule has 8 nitrogen and oxygen atoms in total. The fourth-order valence-corrected chi connectivity index (χ4v) is 2.20. The number of H-pyrrole nitrogens is 1. The van der Waals surface area contributed by atoms with Gasteiger partial charge in [0.2, 0.25) is 0 Å². The Hall–Kier alpha value is -2.38. The SMILES string of the molecule is O=C(O)C1CCCCN1C(=O)c1ccc([N+](=O)[O-])[nH]1. The second-order valence-corrected chi connectivity index (χ2v) is 4.36. The molecule has 102 valence electrons. The Morgan fingerprint density at radius 3 is 2.74 bits per heavy atom. The molecule has 2 heterocycles. The monoisotopic (exact) mass is 267 g/mol. The van der Waals surface area contributed by atoms with Gasteiger partial charge in [0.05, 0.1) is 0 Å². The first-order valence-electron chi connectivity index (χ1n) is 5.88. The lowest BCUT2D eigenvalue weighted by Crippen LogP contribution is -2.48. The number of amides is 1. The van der Waals surface area contributed by atoms with E-state index in [2.05, 4.69) is 4.98 Å². The largest absolute Gasteiger partial charge is 0.480 e. The van der Waals surface area contributed by atoms with Gasteiger partial charge in [0.25, 0.3) is 5.91 Å².